The van der Waals surface area contributed by atoms with Crippen molar-refractivity contribution in [1.82, 2.24) is 4.90 Å². The molecule has 98 valence electrons. The lowest BCUT2D eigenvalue weighted by Gasteiger charge is -2.36. The number of carbonyl (C=O) groups excluding carboxylic acids is 1. The fourth-order valence-corrected chi connectivity index (χ4v) is 4.39. The number of methoxy groups -OCH3 is 1. The molecule has 18 heavy (non-hydrogen) atoms. The molecule has 3 heterocycles. The average molecular weight is 286 g/mol. The Labute approximate surface area is 116 Å². The third-order valence-electron chi connectivity index (χ3n) is 3.95. The van der Waals surface area contributed by atoms with Gasteiger partial charge < -0.3 is 9.64 Å². The zero-order valence-corrected chi connectivity index (χ0v) is 11.8. The predicted octanol–water partition coefficient (Wildman–Crippen LogP) is 3.13. The van der Waals surface area contributed by atoms with Gasteiger partial charge in [0.25, 0.3) is 5.91 Å². The van der Waals surface area contributed by atoms with Gasteiger partial charge in [-0.2, -0.15) is 0 Å². The zero-order chi connectivity index (χ0) is 12.7. The van der Waals surface area contributed by atoms with Crippen LogP contribution in [0, 0.1) is 0 Å². The SMILES string of the molecule is COc1ccsc1C(=O)N1C2CCC1CC(Cl)C2. The van der Waals surface area contributed by atoms with Crippen LogP contribution in [0.2, 0.25) is 0 Å². The Balaban J connectivity index is 1.85. The fraction of sp³-hybridized carbons (Fsp3) is 0.615. The van der Waals surface area contributed by atoms with Crippen molar-refractivity contribution < 1.29 is 9.53 Å². The lowest BCUT2D eigenvalue weighted by molar-refractivity contribution is 0.0601. The summed E-state index contributed by atoms with van der Waals surface area (Å²) < 4.78 is 5.25. The molecule has 0 aromatic carbocycles. The van der Waals surface area contributed by atoms with E-state index in [2.05, 4.69) is 0 Å². The fourth-order valence-electron chi connectivity index (χ4n) is 3.17. The van der Waals surface area contributed by atoms with Gasteiger partial charge in [0.1, 0.15) is 10.6 Å². The van der Waals surface area contributed by atoms with Crippen LogP contribution < -0.4 is 4.74 Å². The molecular formula is C13H16ClNO2S. The second kappa shape index (κ2) is 4.74. The first-order valence-corrected chi connectivity index (χ1v) is 7.60. The Kier molecular flexibility index (Phi) is 3.24. The molecule has 2 bridgehead atoms. The minimum Gasteiger partial charge on any atom is -0.495 e. The van der Waals surface area contributed by atoms with Crippen molar-refractivity contribution in [2.24, 2.45) is 0 Å². The Morgan fingerprint density at radius 2 is 2.11 bits per heavy atom. The molecule has 3 rings (SSSR count). The minimum atomic E-state index is 0.123. The van der Waals surface area contributed by atoms with Crippen LogP contribution in [0.15, 0.2) is 11.4 Å². The number of ether oxygens (including phenoxy) is 1. The highest BCUT2D eigenvalue weighted by atomic mass is 35.5. The number of halogens is 1. The summed E-state index contributed by atoms with van der Waals surface area (Å²) in [4.78, 5) is 15.4. The van der Waals surface area contributed by atoms with Crippen LogP contribution in [-0.2, 0) is 0 Å². The molecule has 0 N–H and O–H groups in total. The van der Waals surface area contributed by atoms with Crippen molar-refractivity contribution in [3.8, 4) is 5.75 Å². The maximum atomic E-state index is 12.6. The Bertz CT molecular complexity index is 448. The van der Waals surface area contributed by atoms with Crippen LogP contribution >= 0.6 is 22.9 Å². The van der Waals surface area contributed by atoms with Gasteiger partial charge in [-0.1, -0.05) is 0 Å². The van der Waals surface area contributed by atoms with E-state index in [4.69, 9.17) is 16.3 Å². The monoisotopic (exact) mass is 285 g/mol. The first kappa shape index (κ1) is 12.3. The second-order valence-electron chi connectivity index (χ2n) is 4.98. The van der Waals surface area contributed by atoms with E-state index in [9.17, 15) is 4.79 Å². The highest BCUT2D eigenvalue weighted by Crippen LogP contribution is 2.40. The van der Waals surface area contributed by atoms with Crippen molar-refractivity contribution in [1.29, 1.82) is 0 Å². The number of alkyl halides is 1. The van der Waals surface area contributed by atoms with Gasteiger partial charge >= 0.3 is 0 Å². The summed E-state index contributed by atoms with van der Waals surface area (Å²) in [6, 6.07) is 2.50. The van der Waals surface area contributed by atoms with Crippen molar-refractivity contribution in [2.45, 2.75) is 43.1 Å². The Hall–Kier alpha value is -0.740. The number of hydrogen-bond donors (Lipinski definition) is 0. The van der Waals surface area contributed by atoms with Crippen LogP contribution in [0.4, 0.5) is 0 Å². The largest absolute Gasteiger partial charge is 0.495 e. The molecule has 2 aliphatic heterocycles. The zero-order valence-electron chi connectivity index (χ0n) is 10.3. The summed E-state index contributed by atoms with van der Waals surface area (Å²) >= 11 is 7.70. The van der Waals surface area contributed by atoms with E-state index < -0.39 is 0 Å². The van der Waals surface area contributed by atoms with Crippen molar-refractivity contribution in [3.05, 3.63) is 16.3 Å². The highest BCUT2D eigenvalue weighted by Gasteiger charge is 2.43. The average Bonchev–Trinajstić information content (AvgIpc) is 2.92. The minimum absolute atomic E-state index is 0.123. The standard InChI is InChI=1S/C13H16ClNO2S/c1-17-11-4-5-18-12(11)13(16)15-9-2-3-10(15)7-8(14)6-9/h4-5,8-10H,2-3,6-7H2,1H3. The number of amides is 1. The van der Waals surface area contributed by atoms with Crippen LogP contribution in [0.25, 0.3) is 0 Å². The molecule has 0 saturated carbocycles. The summed E-state index contributed by atoms with van der Waals surface area (Å²) in [7, 11) is 1.61. The molecule has 0 spiro atoms. The van der Waals surface area contributed by atoms with E-state index in [0.717, 1.165) is 30.6 Å². The highest BCUT2D eigenvalue weighted by molar-refractivity contribution is 7.12. The summed E-state index contributed by atoms with van der Waals surface area (Å²) in [5, 5.41) is 2.14. The topological polar surface area (TPSA) is 29.5 Å². The maximum Gasteiger partial charge on any atom is 0.268 e. The van der Waals surface area contributed by atoms with E-state index in [1.165, 1.54) is 11.3 Å². The summed E-state index contributed by atoms with van der Waals surface area (Å²) in [5.41, 5.74) is 0. The molecule has 1 amide bonds. The third kappa shape index (κ3) is 1.91. The Morgan fingerprint density at radius 3 is 2.72 bits per heavy atom. The van der Waals surface area contributed by atoms with Gasteiger partial charge in [-0.25, -0.2) is 0 Å². The molecule has 2 atom stereocenters. The lowest BCUT2D eigenvalue weighted by Crippen LogP contribution is -2.46. The number of nitrogens with zero attached hydrogens (tertiary/aromatic N) is 1. The molecule has 2 unspecified atom stereocenters. The van der Waals surface area contributed by atoms with Gasteiger partial charge in [0, 0.05) is 17.5 Å². The van der Waals surface area contributed by atoms with Crippen LogP contribution in [-0.4, -0.2) is 35.4 Å². The molecule has 5 heteroatoms. The number of hydrogen-bond acceptors (Lipinski definition) is 3. The summed E-state index contributed by atoms with van der Waals surface area (Å²) in [5.74, 6) is 0.815. The molecule has 1 aromatic heterocycles. The molecular weight excluding hydrogens is 270 g/mol. The summed E-state index contributed by atoms with van der Waals surface area (Å²) in [6.45, 7) is 0. The van der Waals surface area contributed by atoms with E-state index >= 15 is 0 Å². The number of fused-ring (bicyclic) bond motifs is 2. The molecule has 2 saturated heterocycles. The maximum absolute atomic E-state index is 12.6. The smallest absolute Gasteiger partial charge is 0.268 e. The van der Waals surface area contributed by atoms with Gasteiger partial charge in [0.05, 0.1) is 7.11 Å². The first-order valence-electron chi connectivity index (χ1n) is 6.29. The van der Waals surface area contributed by atoms with Crippen molar-refractivity contribution >= 4 is 28.8 Å². The van der Waals surface area contributed by atoms with Crippen LogP contribution in [0.5, 0.6) is 5.75 Å². The van der Waals surface area contributed by atoms with Crippen LogP contribution in [0.1, 0.15) is 35.4 Å². The van der Waals surface area contributed by atoms with Gasteiger partial charge in [-0.05, 0) is 37.1 Å². The normalized spacial score (nSPS) is 30.6. The number of thiophene rings is 1. The Morgan fingerprint density at radius 1 is 1.44 bits per heavy atom. The van der Waals surface area contributed by atoms with Gasteiger partial charge in [-0.3, -0.25) is 4.79 Å². The molecule has 0 aliphatic carbocycles. The van der Waals surface area contributed by atoms with Gasteiger partial charge in [-0.15, -0.1) is 22.9 Å². The predicted molar refractivity (Wildman–Crippen MR) is 72.7 cm³/mol. The third-order valence-corrected chi connectivity index (χ3v) is 5.19. The van der Waals surface area contributed by atoms with Crippen molar-refractivity contribution in [3.63, 3.8) is 0 Å². The number of rotatable bonds is 2. The molecule has 1 aromatic rings. The van der Waals surface area contributed by atoms with Gasteiger partial charge in [0.2, 0.25) is 0 Å². The van der Waals surface area contributed by atoms with E-state index in [-0.39, 0.29) is 11.3 Å². The molecule has 0 radical (unpaired) electrons. The van der Waals surface area contributed by atoms with E-state index in [1.807, 2.05) is 16.3 Å². The number of piperidine rings is 1. The van der Waals surface area contributed by atoms with E-state index in [0.29, 0.717) is 17.8 Å². The van der Waals surface area contributed by atoms with E-state index in [1.54, 1.807) is 7.11 Å². The summed E-state index contributed by atoms with van der Waals surface area (Å²) in [6.07, 6.45) is 4.04. The molecule has 2 fully saturated rings. The lowest BCUT2D eigenvalue weighted by atomic mass is 10.0. The second-order valence-corrected chi connectivity index (χ2v) is 6.52. The molecule has 3 nitrogen and oxygen atoms in total. The molecule has 2 aliphatic rings. The number of carbonyl (C=O) groups is 1. The first-order chi connectivity index (χ1) is 8.70. The van der Waals surface area contributed by atoms with Gasteiger partial charge in [0.15, 0.2) is 0 Å². The van der Waals surface area contributed by atoms with Crippen LogP contribution in [0.3, 0.4) is 0 Å². The van der Waals surface area contributed by atoms with Crippen molar-refractivity contribution in [2.75, 3.05) is 7.11 Å². The quantitative estimate of drug-likeness (QED) is 0.782.